The number of nitriles is 1. The number of carbonyl (C=O) groups excluding carboxylic acids is 1. The third-order valence-electron chi connectivity index (χ3n) is 3.29. The fraction of sp³-hybridized carbons (Fsp3) is 0.100. The Morgan fingerprint density at radius 2 is 2.04 bits per heavy atom. The van der Waals surface area contributed by atoms with Gasteiger partial charge in [-0.2, -0.15) is 5.26 Å². The van der Waals surface area contributed by atoms with Crippen LogP contribution in [0.15, 0.2) is 48.0 Å². The van der Waals surface area contributed by atoms with Gasteiger partial charge in [-0.1, -0.05) is 12.0 Å². The molecular formula is C20H15IN2O3. The first-order chi connectivity index (χ1) is 12.6. The van der Waals surface area contributed by atoms with Gasteiger partial charge in [-0.3, -0.25) is 4.79 Å². The molecule has 1 N–H and O–H groups in total. The fourth-order valence-corrected chi connectivity index (χ4v) is 2.73. The summed E-state index contributed by atoms with van der Waals surface area (Å²) < 4.78 is 11.3. The summed E-state index contributed by atoms with van der Waals surface area (Å²) in [4.78, 5) is 12.3. The average Bonchev–Trinajstić information content (AvgIpc) is 2.66. The molecule has 130 valence electrons. The first kappa shape index (κ1) is 19.4. The van der Waals surface area contributed by atoms with Gasteiger partial charge in [0, 0.05) is 5.69 Å². The predicted molar refractivity (Wildman–Crippen MR) is 109 cm³/mol. The standard InChI is InChI=1S/C20H15IN2O3/c1-3-10-26-19-9-4-14(12-18(19)21)11-15(13-22)20(24)23-16-5-7-17(25-2)8-6-16/h1,4-9,11-12H,10H2,2H3,(H,23,24)/b15-11-. The highest BCUT2D eigenvalue weighted by molar-refractivity contribution is 14.1. The van der Waals surface area contributed by atoms with E-state index in [1.54, 1.807) is 43.5 Å². The summed E-state index contributed by atoms with van der Waals surface area (Å²) in [5, 5.41) is 12.0. The zero-order valence-electron chi connectivity index (χ0n) is 14.0. The van der Waals surface area contributed by atoms with Crippen LogP contribution >= 0.6 is 22.6 Å². The highest BCUT2D eigenvalue weighted by atomic mass is 127. The van der Waals surface area contributed by atoms with Crippen molar-refractivity contribution < 1.29 is 14.3 Å². The molecule has 0 aliphatic rings. The second kappa shape index (κ2) is 9.50. The third kappa shape index (κ3) is 5.27. The van der Waals surface area contributed by atoms with Crippen LogP contribution in [0, 0.1) is 27.2 Å². The van der Waals surface area contributed by atoms with Crippen molar-refractivity contribution in [2.75, 3.05) is 19.0 Å². The van der Waals surface area contributed by atoms with Crippen LogP contribution in [-0.2, 0) is 4.79 Å². The molecule has 1 amide bonds. The maximum absolute atomic E-state index is 12.3. The Labute approximate surface area is 165 Å². The lowest BCUT2D eigenvalue weighted by Gasteiger charge is -2.07. The molecule has 0 saturated carbocycles. The van der Waals surface area contributed by atoms with Crippen molar-refractivity contribution in [2.24, 2.45) is 0 Å². The van der Waals surface area contributed by atoms with Crippen molar-refractivity contribution in [3.8, 4) is 29.9 Å². The summed E-state index contributed by atoms with van der Waals surface area (Å²) in [7, 11) is 1.56. The van der Waals surface area contributed by atoms with Crippen LogP contribution < -0.4 is 14.8 Å². The molecule has 0 saturated heterocycles. The van der Waals surface area contributed by atoms with Gasteiger partial charge >= 0.3 is 0 Å². The molecule has 0 radical (unpaired) electrons. The van der Waals surface area contributed by atoms with Gasteiger partial charge in [0.25, 0.3) is 5.91 Å². The Hall–Kier alpha value is -2.97. The first-order valence-electron chi connectivity index (χ1n) is 7.50. The van der Waals surface area contributed by atoms with Gasteiger partial charge < -0.3 is 14.8 Å². The van der Waals surface area contributed by atoms with Crippen LogP contribution in [0.3, 0.4) is 0 Å². The van der Waals surface area contributed by atoms with Gasteiger partial charge in [0.1, 0.15) is 29.7 Å². The summed E-state index contributed by atoms with van der Waals surface area (Å²) in [6, 6.07) is 14.1. The van der Waals surface area contributed by atoms with E-state index in [1.165, 1.54) is 6.08 Å². The molecule has 0 unspecified atom stereocenters. The number of nitrogens with zero attached hydrogens (tertiary/aromatic N) is 1. The Balaban J connectivity index is 2.15. The van der Waals surface area contributed by atoms with Crippen molar-refractivity contribution in [2.45, 2.75) is 0 Å². The molecule has 0 heterocycles. The number of nitrogens with one attached hydrogen (secondary N) is 1. The molecule has 2 rings (SSSR count). The molecule has 0 atom stereocenters. The van der Waals surface area contributed by atoms with Gasteiger partial charge in [-0.15, -0.1) is 6.42 Å². The Morgan fingerprint density at radius 1 is 1.31 bits per heavy atom. The predicted octanol–water partition coefficient (Wildman–Crippen LogP) is 3.86. The molecule has 26 heavy (non-hydrogen) atoms. The molecule has 6 heteroatoms. The van der Waals surface area contributed by atoms with Crippen molar-refractivity contribution in [3.63, 3.8) is 0 Å². The van der Waals surface area contributed by atoms with E-state index in [0.717, 1.165) is 3.57 Å². The summed E-state index contributed by atoms with van der Waals surface area (Å²) in [5.41, 5.74) is 1.28. The number of anilines is 1. The number of hydrogen-bond donors (Lipinski definition) is 1. The van der Waals surface area contributed by atoms with Gasteiger partial charge in [0.05, 0.1) is 10.7 Å². The smallest absolute Gasteiger partial charge is 0.266 e. The maximum atomic E-state index is 12.3. The van der Waals surface area contributed by atoms with Crippen LogP contribution in [0.5, 0.6) is 11.5 Å². The van der Waals surface area contributed by atoms with E-state index in [1.807, 2.05) is 12.1 Å². The molecule has 2 aromatic rings. The third-order valence-corrected chi connectivity index (χ3v) is 4.13. The number of rotatable bonds is 6. The topological polar surface area (TPSA) is 71.3 Å². The van der Waals surface area contributed by atoms with E-state index in [9.17, 15) is 10.1 Å². The Bertz CT molecular complexity index is 906. The van der Waals surface area contributed by atoms with E-state index in [0.29, 0.717) is 22.7 Å². The Morgan fingerprint density at radius 3 is 2.62 bits per heavy atom. The van der Waals surface area contributed by atoms with Crippen molar-refractivity contribution in [1.29, 1.82) is 5.26 Å². The number of methoxy groups -OCH3 is 1. The second-order valence-electron chi connectivity index (χ2n) is 5.04. The van der Waals surface area contributed by atoms with Crippen molar-refractivity contribution in [1.82, 2.24) is 0 Å². The van der Waals surface area contributed by atoms with Crippen LogP contribution in [0.2, 0.25) is 0 Å². The van der Waals surface area contributed by atoms with E-state index < -0.39 is 5.91 Å². The molecule has 0 aromatic heterocycles. The second-order valence-corrected chi connectivity index (χ2v) is 6.20. The van der Waals surface area contributed by atoms with Gasteiger partial charge in [0.15, 0.2) is 0 Å². The minimum absolute atomic E-state index is 0.00564. The first-order valence-corrected chi connectivity index (χ1v) is 8.58. The number of benzene rings is 2. The quantitative estimate of drug-likeness (QED) is 0.309. The number of hydrogen-bond acceptors (Lipinski definition) is 4. The minimum atomic E-state index is -0.486. The molecule has 2 aromatic carbocycles. The molecule has 0 aliphatic heterocycles. The van der Waals surface area contributed by atoms with E-state index >= 15 is 0 Å². The summed E-state index contributed by atoms with van der Waals surface area (Å²) in [5.74, 6) is 3.25. The number of halogens is 1. The lowest BCUT2D eigenvalue weighted by molar-refractivity contribution is -0.112. The lowest BCUT2D eigenvalue weighted by Crippen LogP contribution is -2.13. The summed E-state index contributed by atoms with van der Waals surface area (Å²) >= 11 is 2.11. The van der Waals surface area contributed by atoms with E-state index in [2.05, 4.69) is 33.8 Å². The molecule has 0 bridgehead atoms. The van der Waals surface area contributed by atoms with Crippen LogP contribution in [0.25, 0.3) is 6.08 Å². The highest BCUT2D eigenvalue weighted by Gasteiger charge is 2.10. The highest BCUT2D eigenvalue weighted by Crippen LogP contribution is 2.23. The van der Waals surface area contributed by atoms with Crippen molar-refractivity contribution >= 4 is 40.3 Å². The molecule has 0 aliphatic carbocycles. The largest absolute Gasteiger partial charge is 0.497 e. The molecule has 0 spiro atoms. The fourth-order valence-electron chi connectivity index (χ4n) is 2.03. The number of terminal acetylenes is 1. The zero-order valence-corrected chi connectivity index (χ0v) is 16.1. The summed E-state index contributed by atoms with van der Waals surface area (Å²) in [6.07, 6.45) is 6.70. The molecule has 0 fully saturated rings. The van der Waals surface area contributed by atoms with Crippen LogP contribution in [0.1, 0.15) is 5.56 Å². The van der Waals surface area contributed by atoms with E-state index in [-0.39, 0.29) is 12.2 Å². The monoisotopic (exact) mass is 458 g/mol. The molecular weight excluding hydrogens is 443 g/mol. The zero-order chi connectivity index (χ0) is 18.9. The molecule has 5 nitrogen and oxygen atoms in total. The SMILES string of the molecule is C#CCOc1ccc(/C=C(/C#N)C(=O)Nc2ccc(OC)cc2)cc1I. The van der Waals surface area contributed by atoms with Crippen molar-refractivity contribution in [3.05, 3.63) is 57.2 Å². The lowest BCUT2D eigenvalue weighted by atomic mass is 10.1. The van der Waals surface area contributed by atoms with Gasteiger partial charge in [-0.25, -0.2) is 0 Å². The maximum Gasteiger partial charge on any atom is 0.266 e. The minimum Gasteiger partial charge on any atom is -0.497 e. The van der Waals surface area contributed by atoms with E-state index in [4.69, 9.17) is 15.9 Å². The normalized spacial score (nSPS) is 10.4. The van der Waals surface area contributed by atoms with Crippen LogP contribution in [-0.4, -0.2) is 19.6 Å². The van der Waals surface area contributed by atoms with Gasteiger partial charge in [-0.05, 0) is 70.6 Å². The number of ether oxygens (including phenoxy) is 2. The Kier molecular flexibility index (Phi) is 7.07. The van der Waals surface area contributed by atoms with Gasteiger partial charge in [0.2, 0.25) is 0 Å². The summed E-state index contributed by atoms with van der Waals surface area (Å²) in [6.45, 7) is 0.179. The average molecular weight is 458 g/mol. The number of amides is 1. The number of carbonyl (C=O) groups is 1. The van der Waals surface area contributed by atoms with Crippen LogP contribution in [0.4, 0.5) is 5.69 Å².